The van der Waals surface area contributed by atoms with E-state index in [2.05, 4.69) is 40.1 Å². The van der Waals surface area contributed by atoms with Gasteiger partial charge in [0.25, 0.3) is 5.91 Å². The Morgan fingerprint density at radius 2 is 1.78 bits per heavy atom. The van der Waals surface area contributed by atoms with Gasteiger partial charge in [-0.05, 0) is 82.7 Å². The molecule has 1 saturated heterocycles. The maximum atomic E-state index is 14.6. The predicted molar refractivity (Wildman–Crippen MR) is 204 cm³/mol. The normalized spacial score (nSPS) is 18.5. The van der Waals surface area contributed by atoms with Crippen molar-refractivity contribution in [2.24, 2.45) is 0 Å². The molecule has 1 aromatic heterocycles. The van der Waals surface area contributed by atoms with Gasteiger partial charge in [-0.2, -0.15) is 0 Å². The lowest BCUT2D eigenvalue weighted by molar-refractivity contribution is -0.142. The number of methoxy groups -OCH3 is 1. The van der Waals surface area contributed by atoms with Crippen LogP contribution in [0.25, 0.3) is 10.8 Å². The highest BCUT2D eigenvalue weighted by Gasteiger charge is 2.47. The molecule has 2 heterocycles. The first-order chi connectivity index (χ1) is 25.8. The van der Waals surface area contributed by atoms with E-state index >= 15 is 0 Å². The van der Waals surface area contributed by atoms with Gasteiger partial charge < -0.3 is 34.6 Å². The number of hydrogen-bond acceptors (Lipinski definition) is 11. The number of sulfonamides is 1. The second kappa shape index (κ2) is 17.3. The van der Waals surface area contributed by atoms with Gasteiger partial charge in [-0.25, -0.2) is 18.2 Å². The van der Waals surface area contributed by atoms with E-state index < -0.39 is 74.3 Å². The zero-order chi connectivity index (χ0) is 40.7. The smallest absolute Gasteiger partial charge is 0.408 e. The minimum absolute atomic E-state index is 0.00337. The van der Waals surface area contributed by atoms with Gasteiger partial charge in [0.15, 0.2) is 0 Å². The monoisotopic (exact) mass is 782 g/mol. The first-order valence-electron chi connectivity index (χ1n) is 17.7. The van der Waals surface area contributed by atoms with Crippen molar-refractivity contribution in [2.45, 2.75) is 88.0 Å². The van der Waals surface area contributed by atoms with E-state index in [-0.39, 0.29) is 38.4 Å². The quantitative estimate of drug-likeness (QED) is 0.157. The summed E-state index contributed by atoms with van der Waals surface area (Å²) in [6.45, 7) is 16.6. The fraction of sp³-hybridized carbons (Fsp3) is 0.474. The Labute approximate surface area is 321 Å². The van der Waals surface area contributed by atoms with Gasteiger partial charge in [0, 0.05) is 24.5 Å². The molecule has 1 aliphatic carbocycles. The summed E-state index contributed by atoms with van der Waals surface area (Å²) in [6.07, 6.45) is 4.17. The summed E-state index contributed by atoms with van der Waals surface area (Å²) >= 11 is 0. The van der Waals surface area contributed by atoms with Crippen LogP contribution in [-0.2, 0) is 33.9 Å². The van der Waals surface area contributed by atoms with Crippen molar-refractivity contribution < 1.29 is 46.6 Å². The fourth-order valence-electron chi connectivity index (χ4n) is 6.03. The van der Waals surface area contributed by atoms with Crippen LogP contribution in [0, 0.1) is 0 Å². The lowest BCUT2D eigenvalue weighted by Crippen LogP contribution is -2.62. The molecule has 17 heteroatoms. The van der Waals surface area contributed by atoms with Crippen molar-refractivity contribution in [3.8, 4) is 11.6 Å². The van der Waals surface area contributed by atoms with Gasteiger partial charge in [0.05, 0.1) is 25.4 Å². The van der Waals surface area contributed by atoms with Crippen LogP contribution in [0.5, 0.6) is 11.6 Å². The standard InChI is InChI=1S/C38H50N6O10S/c1-9-17-38(7,35(48)42-55(50,51)27-13-14-27)41-32(46)30-21-26(53-33-28-15-12-25(52-8)20-24(28)16-18-39-33)22-44(30)34(47)29(40-36(49)54-37(4,5)6)23-43(19-10-2)31(45)11-3/h9-12,15-16,18,20,26-27,29-30H,1-3,13-14,17,19,21-23H2,4-8H3,(H,40,49)(H,41,46)(H,42,48). The van der Waals surface area contributed by atoms with Crippen LogP contribution < -0.4 is 24.8 Å². The molecular weight excluding hydrogens is 733 g/mol. The molecule has 1 saturated carbocycles. The number of aromatic nitrogens is 1. The number of ether oxygens (including phenoxy) is 3. The second-order valence-electron chi connectivity index (χ2n) is 14.6. The Morgan fingerprint density at radius 3 is 2.38 bits per heavy atom. The van der Waals surface area contributed by atoms with Gasteiger partial charge in [-0.1, -0.05) is 18.7 Å². The van der Waals surface area contributed by atoms with Crippen LogP contribution in [0.3, 0.4) is 0 Å². The molecule has 2 fully saturated rings. The molecule has 4 atom stereocenters. The molecule has 55 heavy (non-hydrogen) atoms. The predicted octanol–water partition coefficient (Wildman–Crippen LogP) is 2.75. The third-order valence-corrected chi connectivity index (χ3v) is 10.8. The number of hydrogen-bond donors (Lipinski definition) is 3. The molecule has 298 valence electrons. The highest BCUT2D eigenvalue weighted by atomic mass is 32.2. The number of likely N-dealkylation sites (tertiary alicyclic amines) is 1. The summed E-state index contributed by atoms with van der Waals surface area (Å²) in [5, 5.41) is 5.90. The zero-order valence-electron chi connectivity index (χ0n) is 31.8. The molecule has 3 N–H and O–H groups in total. The summed E-state index contributed by atoms with van der Waals surface area (Å²) in [4.78, 5) is 75.1. The highest BCUT2D eigenvalue weighted by Crippen LogP contribution is 2.31. The molecule has 1 aliphatic heterocycles. The molecule has 2 aromatic rings. The van der Waals surface area contributed by atoms with E-state index in [1.165, 1.54) is 28.9 Å². The molecule has 0 radical (unpaired) electrons. The first-order valence-corrected chi connectivity index (χ1v) is 19.3. The molecule has 5 amide bonds. The van der Waals surface area contributed by atoms with Crippen molar-refractivity contribution in [3.05, 3.63) is 68.4 Å². The molecular formula is C38H50N6O10S. The molecule has 4 rings (SSSR count). The number of nitrogens with one attached hydrogen (secondary N) is 3. The van der Waals surface area contributed by atoms with Crippen molar-refractivity contribution in [1.82, 2.24) is 30.1 Å². The molecule has 4 unspecified atom stereocenters. The van der Waals surface area contributed by atoms with E-state index in [0.717, 1.165) is 11.5 Å². The first kappa shape index (κ1) is 42.3. The number of pyridine rings is 1. The summed E-state index contributed by atoms with van der Waals surface area (Å²) in [7, 11) is -2.44. The maximum absolute atomic E-state index is 14.6. The number of carbonyl (C=O) groups is 5. The van der Waals surface area contributed by atoms with Crippen LogP contribution in [0.4, 0.5) is 4.79 Å². The summed E-state index contributed by atoms with van der Waals surface area (Å²) in [5.41, 5.74) is -2.74. The van der Waals surface area contributed by atoms with Gasteiger partial charge in [0.1, 0.15) is 35.1 Å². The van der Waals surface area contributed by atoms with E-state index in [1.807, 2.05) is 0 Å². The highest BCUT2D eigenvalue weighted by molar-refractivity contribution is 7.91. The van der Waals surface area contributed by atoms with Gasteiger partial charge in [-0.3, -0.25) is 23.9 Å². The van der Waals surface area contributed by atoms with Gasteiger partial charge in [0.2, 0.25) is 33.6 Å². The van der Waals surface area contributed by atoms with Gasteiger partial charge >= 0.3 is 6.09 Å². The number of amides is 5. The van der Waals surface area contributed by atoms with Crippen LogP contribution in [-0.4, -0.2) is 114 Å². The molecule has 2 aliphatic rings. The number of alkyl carbamates (subject to hydrolysis) is 1. The average Bonchev–Trinajstić information content (AvgIpc) is 3.90. The van der Waals surface area contributed by atoms with Crippen LogP contribution in [0.15, 0.2) is 68.4 Å². The Kier molecular flexibility index (Phi) is 13.3. The summed E-state index contributed by atoms with van der Waals surface area (Å²) < 4.78 is 44.6. The number of carbonyl (C=O) groups excluding carboxylic acids is 5. The van der Waals surface area contributed by atoms with E-state index in [4.69, 9.17) is 14.2 Å². The summed E-state index contributed by atoms with van der Waals surface area (Å²) in [5.74, 6) is -2.27. The van der Waals surface area contributed by atoms with E-state index in [1.54, 1.807) is 58.3 Å². The maximum Gasteiger partial charge on any atom is 0.408 e. The van der Waals surface area contributed by atoms with E-state index in [0.29, 0.717) is 24.0 Å². The third-order valence-electron chi connectivity index (χ3n) is 8.94. The largest absolute Gasteiger partial charge is 0.497 e. The fourth-order valence-corrected chi connectivity index (χ4v) is 7.43. The number of nitrogens with zero attached hydrogens (tertiary/aromatic N) is 3. The van der Waals surface area contributed by atoms with Crippen molar-refractivity contribution in [1.29, 1.82) is 0 Å². The molecule has 0 spiro atoms. The number of benzene rings is 1. The zero-order valence-corrected chi connectivity index (χ0v) is 32.6. The second-order valence-corrected chi connectivity index (χ2v) is 16.6. The Morgan fingerprint density at radius 1 is 1.07 bits per heavy atom. The van der Waals surface area contributed by atoms with Gasteiger partial charge in [-0.15, -0.1) is 13.2 Å². The SMILES string of the molecule is C=CCN(CC(NC(=O)OC(C)(C)C)C(=O)N1CC(Oc2nccc3cc(OC)ccc23)CC1C(=O)NC(C)(CC=C)C(=O)NS(=O)(=O)C1CC1)C(=O)C=C. The minimum atomic E-state index is -3.98. The number of fused-ring (bicyclic) bond motifs is 1. The topological polar surface area (TPSA) is 203 Å². The van der Waals surface area contributed by atoms with Crippen molar-refractivity contribution in [2.75, 3.05) is 26.7 Å². The Bertz CT molecular complexity index is 1940. The molecule has 0 bridgehead atoms. The lowest BCUT2D eigenvalue weighted by atomic mass is 9.96. The van der Waals surface area contributed by atoms with E-state index in [9.17, 15) is 32.4 Å². The lowest BCUT2D eigenvalue weighted by Gasteiger charge is -2.34. The number of rotatable bonds is 17. The van der Waals surface area contributed by atoms with Crippen LogP contribution in [0.1, 0.15) is 53.4 Å². The minimum Gasteiger partial charge on any atom is -0.497 e. The summed E-state index contributed by atoms with van der Waals surface area (Å²) in [6, 6.07) is 4.31. The molecule has 16 nitrogen and oxygen atoms in total. The Balaban J connectivity index is 1.72. The average molecular weight is 783 g/mol. The van der Waals surface area contributed by atoms with Crippen LogP contribution >= 0.6 is 0 Å². The Hall–Kier alpha value is -5.45. The molecule has 1 aromatic carbocycles. The van der Waals surface area contributed by atoms with Crippen molar-refractivity contribution >= 4 is 50.5 Å². The van der Waals surface area contributed by atoms with Crippen LogP contribution in [0.2, 0.25) is 0 Å². The third kappa shape index (κ3) is 10.8. The van der Waals surface area contributed by atoms with Crippen molar-refractivity contribution in [3.63, 3.8) is 0 Å².